The van der Waals surface area contributed by atoms with Crippen molar-refractivity contribution >= 4 is 22.4 Å². The van der Waals surface area contributed by atoms with Gasteiger partial charge in [0.15, 0.2) is 9.76 Å². The molecule has 0 aromatic rings. The van der Waals surface area contributed by atoms with E-state index in [0.29, 0.717) is 0 Å². The van der Waals surface area contributed by atoms with E-state index in [9.17, 15) is 0 Å². The summed E-state index contributed by atoms with van der Waals surface area (Å²) in [5.74, 6) is 1.00. The highest BCUT2D eigenvalue weighted by Crippen LogP contribution is 2.06. The van der Waals surface area contributed by atoms with Crippen LogP contribution in [0, 0.1) is 0 Å². The summed E-state index contributed by atoms with van der Waals surface area (Å²) in [7, 11) is -0.253. The zero-order valence-electron chi connectivity index (χ0n) is 7.18. The molecule has 0 aliphatic carbocycles. The first kappa shape index (κ1) is 10.5. The van der Waals surface area contributed by atoms with E-state index in [-0.39, 0.29) is 15.4 Å². The van der Waals surface area contributed by atoms with Crippen LogP contribution in [0.15, 0.2) is 0 Å². The summed E-state index contributed by atoms with van der Waals surface area (Å²) in [5, 5.41) is 0. The Morgan fingerprint density at radius 1 is 1.40 bits per heavy atom. The van der Waals surface area contributed by atoms with Gasteiger partial charge in [0.1, 0.15) is 0 Å². The molecular formula is C7H18OSSi. The van der Waals surface area contributed by atoms with Crippen LogP contribution in [0.1, 0.15) is 27.2 Å². The molecule has 3 heteroatoms. The molecule has 0 atom stereocenters. The van der Waals surface area contributed by atoms with Crippen molar-refractivity contribution in [3.63, 3.8) is 0 Å². The Kier molecular flexibility index (Phi) is 5.49. The maximum Gasteiger partial charge on any atom is 0.162 e. The van der Waals surface area contributed by atoms with E-state index in [0.717, 1.165) is 5.75 Å². The number of rotatable bonds is 4. The quantitative estimate of drug-likeness (QED) is 0.391. The van der Waals surface area contributed by atoms with Crippen LogP contribution < -0.4 is 0 Å². The number of hydrogen-bond donors (Lipinski definition) is 1. The van der Waals surface area contributed by atoms with Crippen LogP contribution in [0.3, 0.4) is 0 Å². The van der Waals surface area contributed by atoms with Crippen LogP contribution in [0.4, 0.5) is 0 Å². The minimum atomic E-state index is -0.253. The summed E-state index contributed by atoms with van der Waals surface area (Å²) in [5.41, 5.74) is 0.0861. The average molecular weight is 178 g/mol. The van der Waals surface area contributed by atoms with Crippen molar-refractivity contribution in [3.8, 4) is 0 Å². The third kappa shape index (κ3) is 8.53. The SMILES string of the molecule is CC(C)(C)O[SiH2]CCCS. The largest absolute Gasteiger partial charge is 0.419 e. The molecule has 10 heavy (non-hydrogen) atoms. The van der Waals surface area contributed by atoms with Crippen molar-refractivity contribution in [2.45, 2.75) is 38.8 Å². The molecule has 0 unspecified atom stereocenters. The fraction of sp³-hybridized carbons (Fsp3) is 1.00. The van der Waals surface area contributed by atoms with Crippen molar-refractivity contribution < 1.29 is 4.43 Å². The Labute approximate surface area is 71.9 Å². The molecule has 0 amide bonds. The maximum atomic E-state index is 5.64. The lowest BCUT2D eigenvalue weighted by molar-refractivity contribution is 0.138. The predicted octanol–water partition coefficient (Wildman–Crippen LogP) is 1.62. The molecule has 0 aliphatic rings. The Hall–Kier alpha value is 0.527. The van der Waals surface area contributed by atoms with Gasteiger partial charge in [0.2, 0.25) is 0 Å². The zero-order valence-corrected chi connectivity index (χ0v) is 9.49. The molecule has 0 heterocycles. The van der Waals surface area contributed by atoms with Gasteiger partial charge in [0, 0.05) is 5.60 Å². The Balaban J connectivity index is 3.04. The molecule has 0 saturated carbocycles. The molecule has 0 aromatic carbocycles. The van der Waals surface area contributed by atoms with Crippen molar-refractivity contribution in [1.82, 2.24) is 0 Å². The summed E-state index contributed by atoms with van der Waals surface area (Å²) in [6, 6.07) is 1.26. The highest BCUT2D eigenvalue weighted by molar-refractivity contribution is 7.80. The van der Waals surface area contributed by atoms with Crippen LogP contribution in [0.5, 0.6) is 0 Å². The fourth-order valence-corrected chi connectivity index (χ4v) is 2.45. The molecule has 0 bridgehead atoms. The summed E-state index contributed by atoms with van der Waals surface area (Å²) < 4.78 is 5.64. The standard InChI is InChI=1S/C7H18OSSi/c1-7(2,3)8-10-6-4-5-9/h9H,4-6,10H2,1-3H3. The van der Waals surface area contributed by atoms with E-state index in [2.05, 4.69) is 33.4 Å². The molecule has 0 saturated heterocycles. The maximum absolute atomic E-state index is 5.64. The first-order valence-electron chi connectivity index (χ1n) is 3.81. The van der Waals surface area contributed by atoms with Gasteiger partial charge in [0.25, 0.3) is 0 Å². The molecular weight excluding hydrogens is 160 g/mol. The topological polar surface area (TPSA) is 9.23 Å². The second-order valence-corrected chi connectivity index (χ2v) is 5.24. The monoisotopic (exact) mass is 178 g/mol. The van der Waals surface area contributed by atoms with Crippen LogP contribution >= 0.6 is 12.6 Å². The highest BCUT2D eigenvalue weighted by atomic mass is 32.1. The van der Waals surface area contributed by atoms with Crippen LogP contribution in [0.2, 0.25) is 6.04 Å². The molecule has 1 nitrogen and oxygen atoms in total. The molecule has 0 radical (unpaired) electrons. The second kappa shape index (κ2) is 5.21. The van der Waals surface area contributed by atoms with Gasteiger partial charge in [0.05, 0.1) is 0 Å². The van der Waals surface area contributed by atoms with E-state index in [1.165, 1.54) is 12.5 Å². The van der Waals surface area contributed by atoms with Crippen molar-refractivity contribution in [2.75, 3.05) is 5.75 Å². The van der Waals surface area contributed by atoms with E-state index in [1.54, 1.807) is 0 Å². The number of thiol groups is 1. The van der Waals surface area contributed by atoms with Crippen molar-refractivity contribution in [3.05, 3.63) is 0 Å². The van der Waals surface area contributed by atoms with Gasteiger partial charge in [-0.2, -0.15) is 12.6 Å². The van der Waals surface area contributed by atoms with Crippen LogP contribution in [0.25, 0.3) is 0 Å². The van der Waals surface area contributed by atoms with E-state index >= 15 is 0 Å². The van der Waals surface area contributed by atoms with E-state index < -0.39 is 0 Å². The van der Waals surface area contributed by atoms with Gasteiger partial charge >= 0.3 is 0 Å². The lowest BCUT2D eigenvalue weighted by Gasteiger charge is -2.19. The van der Waals surface area contributed by atoms with Crippen LogP contribution in [-0.2, 0) is 4.43 Å². The highest BCUT2D eigenvalue weighted by Gasteiger charge is 2.07. The molecule has 0 aromatic heterocycles. The normalized spacial score (nSPS) is 13.2. The van der Waals surface area contributed by atoms with Crippen molar-refractivity contribution in [1.29, 1.82) is 0 Å². The Bertz CT molecular complexity index is 80.2. The van der Waals surface area contributed by atoms with E-state index in [4.69, 9.17) is 4.43 Å². The Morgan fingerprint density at radius 2 is 2.00 bits per heavy atom. The molecule has 0 spiro atoms. The minimum absolute atomic E-state index is 0.0861. The lowest BCUT2D eigenvalue weighted by Crippen LogP contribution is -2.21. The van der Waals surface area contributed by atoms with Gasteiger partial charge in [-0.25, -0.2) is 0 Å². The summed E-state index contributed by atoms with van der Waals surface area (Å²) in [6.45, 7) is 6.34. The van der Waals surface area contributed by atoms with Crippen LogP contribution in [-0.4, -0.2) is 21.1 Å². The van der Waals surface area contributed by atoms with E-state index in [1.807, 2.05) is 0 Å². The van der Waals surface area contributed by atoms with Gasteiger partial charge in [-0.3, -0.25) is 0 Å². The summed E-state index contributed by atoms with van der Waals surface area (Å²) >= 11 is 4.13. The predicted molar refractivity (Wildman–Crippen MR) is 52.7 cm³/mol. The Morgan fingerprint density at radius 3 is 2.40 bits per heavy atom. The lowest BCUT2D eigenvalue weighted by atomic mass is 10.2. The summed E-state index contributed by atoms with van der Waals surface area (Å²) in [6.07, 6.45) is 1.21. The smallest absolute Gasteiger partial charge is 0.162 e. The molecule has 62 valence electrons. The van der Waals surface area contributed by atoms with Gasteiger partial charge in [-0.1, -0.05) is 0 Å². The van der Waals surface area contributed by atoms with Gasteiger partial charge < -0.3 is 4.43 Å². The molecule has 0 fully saturated rings. The number of hydrogen-bond acceptors (Lipinski definition) is 2. The fourth-order valence-electron chi connectivity index (χ4n) is 0.592. The average Bonchev–Trinajstić information content (AvgIpc) is 1.78. The third-order valence-electron chi connectivity index (χ3n) is 1.09. The molecule has 0 N–H and O–H groups in total. The first-order chi connectivity index (χ1) is 4.56. The van der Waals surface area contributed by atoms with Gasteiger partial charge in [-0.05, 0) is 39.0 Å². The van der Waals surface area contributed by atoms with Crippen molar-refractivity contribution in [2.24, 2.45) is 0 Å². The minimum Gasteiger partial charge on any atom is -0.419 e. The molecule has 0 aliphatic heterocycles. The zero-order chi connectivity index (χ0) is 8.04. The van der Waals surface area contributed by atoms with Gasteiger partial charge in [-0.15, -0.1) is 0 Å². The summed E-state index contributed by atoms with van der Waals surface area (Å²) in [4.78, 5) is 0. The second-order valence-electron chi connectivity index (χ2n) is 3.39. The third-order valence-corrected chi connectivity index (χ3v) is 3.26. The molecule has 0 rings (SSSR count). The first-order valence-corrected chi connectivity index (χ1v) is 6.02.